The molecule has 1 N–H and O–H groups in total. The van der Waals surface area contributed by atoms with Crippen molar-refractivity contribution >= 4 is 5.91 Å². The molecular weight excluding hydrogens is 204 g/mol. The molecule has 92 valence electrons. The fourth-order valence-corrected chi connectivity index (χ4v) is 2.65. The average molecular weight is 226 g/mol. The molecule has 0 aromatic carbocycles. The second-order valence-electron chi connectivity index (χ2n) is 4.64. The second kappa shape index (κ2) is 5.64. The molecular formula is C12H22N2O2. The summed E-state index contributed by atoms with van der Waals surface area (Å²) in [6, 6.07) is 0.386. The molecule has 4 heteroatoms. The van der Waals surface area contributed by atoms with Gasteiger partial charge < -0.3 is 15.0 Å². The zero-order valence-electron chi connectivity index (χ0n) is 10.1. The highest BCUT2D eigenvalue weighted by molar-refractivity contribution is 5.82. The summed E-state index contributed by atoms with van der Waals surface area (Å²) in [5.74, 6) is 0.291. The van der Waals surface area contributed by atoms with Crippen LogP contribution in [0.1, 0.15) is 32.6 Å². The molecule has 0 saturated carbocycles. The van der Waals surface area contributed by atoms with Gasteiger partial charge in [0, 0.05) is 13.2 Å². The smallest absolute Gasteiger partial charge is 0.240 e. The van der Waals surface area contributed by atoms with E-state index in [1.807, 2.05) is 11.8 Å². The summed E-state index contributed by atoms with van der Waals surface area (Å²) in [5, 5.41) is 3.28. The first-order valence-electron chi connectivity index (χ1n) is 6.44. The van der Waals surface area contributed by atoms with Crippen molar-refractivity contribution in [3.05, 3.63) is 0 Å². The number of nitrogens with zero attached hydrogens (tertiary/aromatic N) is 1. The van der Waals surface area contributed by atoms with Crippen LogP contribution >= 0.6 is 0 Å². The first-order valence-corrected chi connectivity index (χ1v) is 6.44. The number of hydrogen-bond donors (Lipinski definition) is 1. The maximum absolute atomic E-state index is 12.2. The highest BCUT2D eigenvalue weighted by Crippen LogP contribution is 2.20. The Morgan fingerprint density at radius 1 is 1.44 bits per heavy atom. The zero-order chi connectivity index (χ0) is 11.4. The minimum atomic E-state index is 0.0715. The van der Waals surface area contributed by atoms with Crippen molar-refractivity contribution in [1.82, 2.24) is 10.2 Å². The van der Waals surface area contributed by atoms with Crippen molar-refractivity contribution in [2.24, 2.45) is 0 Å². The van der Waals surface area contributed by atoms with E-state index in [0.717, 1.165) is 45.4 Å². The highest BCUT2D eigenvalue weighted by Gasteiger charge is 2.33. The van der Waals surface area contributed by atoms with Gasteiger partial charge in [0.05, 0.1) is 18.7 Å². The van der Waals surface area contributed by atoms with Gasteiger partial charge in [-0.05, 0) is 39.2 Å². The molecule has 2 rings (SSSR count). The predicted octanol–water partition coefficient (Wildman–Crippen LogP) is 0.766. The molecule has 0 spiro atoms. The fraction of sp³-hybridized carbons (Fsp3) is 0.917. The number of carbonyl (C=O) groups is 1. The summed E-state index contributed by atoms with van der Waals surface area (Å²) in [5.41, 5.74) is 0. The van der Waals surface area contributed by atoms with Crippen molar-refractivity contribution in [3.8, 4) is 0 Å². The Morgan fingerprint density at radius 2 is 2.31 bits per heavy atom. The lowest BCUT2D eigenvalue weighted by Crippen LogP contribution is -2.47. The van der Waals surface area contributed by atoms with Gasteiger partial charge in [0.2, 0.25) is 5.91 Å². The van der Waals surface area contributed by atoms with Gasteiger partial charge in [-0.25, -0.2) is 0 Å². The average Bonchev–Trinajstić information content (AvgIpc) is 2.96. The zero-order valence-corrected chi connectivity index (χ0v) is 10.1. The number of likely N-dealkylation sites (tertiary alicyclic amines) is 1. The number of ether oxygens (including phenoxy) is 1. The van der Waals surface area contributed by atoms with E-state index in [1.165, 1.54) is 0 Å². The maximum atomic E-state index is 12.2. The topological polar surface area (TPSA) is 41.6 Å². The minimum absolute atomic E-state index is 0.0715. The van der Waals surface area contributed by atoms with Crippen LogP contribution in [0.3, 0.4) is 0 Å². The SMILES string of the molecule is CCOC[C@@H]1CCCN1C(=O)[C@H]1CCCN1. The van der Waals surface area contributed by atoms with Crippen LogP contribution in [0.4, 0.5) is 0 Å². The van der Waals surface area contributed by atoms with Crippen molar-refractivity contribution < 1.29 is 9.53 Å². The molecule has 0 unspecified atom stereocenters. The van der Waals surface area contributed by atoms with Crippen LogP contribution < -0.4 is 5.32 Å². The van der Waals surface area contributed by atoms with Gasteiger partial charge in [-0.1, -0.05) is 0 Å². The van der Waals surface area contributed by atoms with E-state index in [-0.39, 0.29) is 6.04 Å². The predicted molar refractivity (Wildman–Crippen MR) is 62.3 cm³/mol. The highest BCUT2D eigenvalue weighted by atomic mass is 16.5. The summed E-state index contributed by atoms with van der Waals surface area (Å²) in [7, 11) is 0. The maximum Gasteiger partial charge on any atom is 0.240 e. The first-order chi connectivity index (χ1) is 7.83. The van der Waals surface area contributed by atoms with Crippen LogP contribution in [-0.4, -0.2) is 49.2 Å². The standard InChI is InChI=1S/C12H22N2O2/c1-2-16-9-10-5-4-8-14(10)12(15)11-6-3-7-13-11/h10-11,13H,2-9H2,1H3/t10-,11+/m0/s1. The van der Waals surface area contributed by atoms with E-state index in [1.54, 1.807) is 0 Å². The molecule has 2 saturated heterocycles. The normalized spacial score (nSPS) is 29.9. The van der Waals surface area contributed by atoms with Gasteiger partial charge in [-0.2, -0.15) is 0 Å². The molecule has 1 amide bonds. The summed E-state index contributed by atoms with van der Waals surface area (Å²) in [4.78, 5) is 14.3. The number of amides is 1. The van der Waals surface area contributed by atoms with Crippen LogP contribution in [0.25, 0.3) is 0 Å². The van der Waals surface area contributed by atoms with Crippen molar-refractivity contribution in [1.29, 1.82) is 0 Å². The van der Waals surface area contributed by atoms with Crippen LogP contribution in [0, 0.1) is 0 Å². The number of rotatable bonds is 4. The Bertz CT molecular complexity index is 239. The molecule has 0 aromatic heterocycles. The van der Waals surface area contributed by atoms with Crippen LogP contribution in [0.5, 0.6) is 0 Å². The molecule has 2 atom stereocenters. The van der Waals surface area contributed by atoms with Crippen LogP contribution in [0.15, 0.2) is 0 Å². The van der Waals surface area contributed by atoms with E-state index in [9.17, 15) is 4.79 Å². The Balaban J connectivity index is 1.88. The van der Waals surface area contributed by atoms with Gasteiger partial charge in [-0.3, -0.25) is 4.79 Å². The molecule has 2 fully saturated rings. The Hall–Kier alpha value is -0.610. The Labute approximate surface area is 97.3 Å². The first kappa shape index (κ1) is 11.9. The van der Waals surface area contributed by atoms with Gasteiger partial charge in [-0.15, -0.1) is 0 Å². The molecule has 0 radical (unpaired) electrons. The lowest BCUT2D eigenvalue weighted by atomic mass is 10.2. The monoisotopic (exact) mass is 226 g/mol. The Kier molecular flexibility index (Phi) is 4.18. The summed E-state index contributed by atoms with van der Waals surface area (Å²) >= 11 is 0. The third-order valence-corrected chi connectivity index (χ3v) is 3.53. The summed E-state index contributed by atoms with van der Waals surface area (Å²) in [6.07, 6.45) is 4.34. The number of nitrogens with one attached hydrogen (secondary N) is 1. The largest absolute Gasteiger partial charge is 0.380 e. The number of carbonyl (C=O) groups excluding carboxylic acids is 1. The third-order valence-electron chi connectivity index (χ3n) is 3.53. The molecule has 4 nitrogen and oxygen atoms in total. The van der Waals surface area contributed by atoms with Gasteiger partial charge >= 0.3 is 0 Å². The molecule has 0 bridgehead atoms. The Morgan fingerprint density at radius 3 is 3.00 bits per heavy atom. The molecule has 16 heavy (non-hydrogen) atoms. The second-order valence-corrected chi connectivity index (χ2v) is 4.64. The lowest BCUT2D eigenvalue weighted by Gasteiger charge is -2.27. The van der Waals surface area contributed by atoms with Crippen molar-refractivity contribution in [2.75, 3.05) is 26.3 Å². The molecule has 2 aliphatic rings. The van der Waals surface area contributed by atoms with Crippen LogP contribution in [-0.2, 0) is 9.53 Å². The third kappa shape index (κ3) is 2.55. The van der Waals surface area contributed by atoms with Gasteiger partial charge in [0.1, 0.15) is 0 Å². The summed E-state index contributed by atoms with van der Waals surface area (Å²) < 4.78 is 5.45. The van der Waals surface area contributed by atoms with E-state index in [2.05, 4.69) is 5.32 Å². The molecule has 2 heterocycles. The van der Waals surface area contributed by atoms with E-state index in [0.29, 0.717) is 18.6 Å². The van der Waals surface area contributed by atoms with Crippen LogP contribution in [0.2, 0.25) is 0 Å². The van der Waals surface area contributed by atoms with Gasteiger partial charge in [0.15, 0.2) is 0 Å². The van der Waals surface area contributed by atoms with E-state index >= 15 is 0 Å². The lowest BCUT2D eigenvalue weighted by molar-refractivity contribution is -0.135. The summed E-state index contributed by atoms with van der Waals surface area (Å²) in [6.45, 7) is 5.34. The van der Waals surface area contributed by atoms with E-state index < -0.39 is 0 Å². The molecule has 2 aliphatic heterocycles. The number of hydrogen-bond acceptors (Lipinski definition) is 3. The quantitative estimate of drug-likeness (QED) is 0.769. The van der Waals surface area contributed by atoms with Gasteiger partial charge in [0.25, 0.3) is 0 Å². The molecule has 0 aliphatic carbocycles. The van der Waals surface area contributed by atoms with Crippen molar-refractivity contribution in [3.63, 3.8) is 0 Å². The fourth-order valence-electron chi connectivity index (χ4n) is 2.65. The molecule has 0 aromatic rings. The van der Waals surface area contributed by atoms with E-state index in [4.69, 9.17) is 4.74 Å². The minimum Gasteiger partial charge on any atom is -0.380 e. The van der Waals surface area contributed by atoms with Crippen molar-refractivity contribution in [2.45, 2.75) is 44.7 Å².